The molecule has 0 aliphatic carbocycles. The van der Waals surface area contributed by atoms with Crippen molar-refractivity contribution >= 4 is 8.32 Å². The molecule has 0 aliphatic heterocycles. The van der Waals surface area contributed by atoms with Gasteiger partial charge in [-0.05, 0) is 53.0 Å². The molecule has 186 valence electrons. The van der Waals surface area contributed by atoms with Gasteiger partial charge >= 0.3 is 0 Å². The minimum atomic E-state index is -1.90. The predicted octanol–water partition coefficient (Wildman–Crippen LogP) is 8.29. The largest absolute Gasteiger partial charge is 0.544 e. The van der Waals surface area contributed by atoms with Crippen LogP contribution in [0.2, 0.25) is 18.1 Å². The summed E-state index contributed by atoms with van der Waals surface area (Å²) in [7, 11) is -1.90. The molecular weight excluding hydrogens is 462 g/mol. The highest BCUT2D eigenvalue weighted by molar-refractivity contribution is 6.74. The summed E-state index contributed by atoms with van der Waals surface area (Å²) in [4.78, 5) is 4.72. The molecule has 0 fully saturated rings. The van der Waals surface area contributed by atoms with E-state index in [9.17, 15) is 0 Å². The Morgan fingerprint density at radius 2 is 1.22 bits per heavy atom. The van der Waals surface area contributed by atoms with E-state index in [1.54, 1.807) is 0 Å². The predicted molar refractivity (Wildman–Crippen MR) is 149 cm³/mol. The van der Waals surface area contributed by atoms with Crippen LogP contribution in [-0.4, -0.2) is 13.3 Å². The summed E-state index contributed by atoms with van der Waals surface area (Å²) in [5.74, 6) is 1.97. The summed E-state index contributed by atoms with van der Waals surface area (Å²) < 4.78 is 18.6. The zero-order chi connectivity index (χ0) is 25.6. The topological polar surface area (TPSA) is 40.6 Å². The van der Waals surface area contributed by atoms with Crippen LogP contribution in [0.4, 0.5) is 0 Å². The summed E-state index contributed by atoms with van der Waals surface area (Å²) in [6.07, 6.45) is 0. The average molecular weight is 498 g/mol. The fourth-order valence-electron chi connectivity index (χ4n) is 3.44. The molecule has 0 radical (unpaired) electrons. The van der Waals surface area contributed by atoms with Gasteiger partial charge in [0.05, 0.1) is 0 Å². The smallest absolute Gasteiger partial charge is 0.250 e. The first-order chi connectivity index (χ1) is 17.2. The Morgan fingerprint density at radius 1 is 0.667 bits per heavy atom. The van der Waals surface area contributed by atoms with Crippen molar-refractivity contribution in [2.75, 3.05) is 0 Å². The fourth-order valence-corrected chi connectivity index (χ4v) is 4.47. The summed E-state index contributed by atoms with van der Waals surface area (Å²) >= 11 is 0. The normalized spacial score (nSPS) is 11.7. The van der Waals surface area contributed by atoms with Crippen molar-refractivity contribution in [2.24, 2.45) is 0 Å². The van der Waals surface area contributed by atoms with E-state index in [1.165, 1.54) is 0 Å². The molecular formula is C31H35NO3Si. The van der Waals surface area contributed by atoms with Gasteiger partial charge in [-0.1, -0.05) is 93.6 Å². The zero-order valence-corrected chi connectivity index (χ0v) is 22.8. The Hall–Kier alpha value is -3.57. The van der Waals surface area contributed by atoms with Gasteiger partial charge in [-0.15, -0.1) is 0 Å². The van der Waals surface area contributed by atoms with Gasteiger partial charge in [-0.2, -0.15) is 4.98 Å². The van der Waals surface area contributed by atoms with Crippen LogP contribution in [0.25, 0.3) is 11.1 Å². The lowest BCUT2D eigenvalue weighted by atomic mass is 10.1. The molecule has 0 aliphatic rings. The van der Waals surface area contributed by atoms with Crippen LogP contribution in [0.15, 0.2) is 97.1 Å². The minimum absolute atomic E-state index is 0.142. The molecule has 0 unspecified atom stereocenters. The van der Waals surface area contributed by atoms with Crippen molar-refractivity contribution in [2.45, 2.75) is 52.1 Å². The second-order valence-electron chi connectivity index (χ2n) is 10.4. The molecule has 0 saturated carbocycles. The van der Waals surface area contributed by atoms with E-state index in [0.29, 0.717) is 25.0 Å². The first-order valence-electron chi connectivity index (χ1n) is 12.4. The first-order valence-corrected chi connectivity index (χ1v) is 15.3. The lowest BCUT2D eigenvalue weighted by Gasteiger charge is -2.36. The number of hydrogen-bond acceptors (Lipinski definition) is 4. The molecule has 0 atom stereocenters. The van der Waals surface area contributed by atoms with E-state index in [2.05, 4.69) is 46.0 Å². The second kappa shape index (κ2) is 11.0. The second-order valence-corrected chi connectivity index (χ2v) is 15.2. The standard InChI is InChI=1S/C31H35NO3Si/c1-31(2,3)36(4,5)35-27-18-16-26(17-19-27)28-20-21-29(33-22-24-12-8-6-9-13-24)32-30(28)34-23-25-14-10-7-11-15-25/h6-21H,22-23H2,1-5H3. The lowest BCUT2D eigenvalue weighted by Crippen LogP contribution is -2.43. The average Bonchev–Trinajstić information content (AvgIpc) is 2.87. The SMILES string of the molecule is CC(C)(C)[Si](C)(C)Oc1ccc(-c2ccc(OCc3ccccc3)nc2OCc2ccccc2)cc1. The molecule has 4 aromatic rings. The Kier molecular flexibility index (Phi) is 7.80. The minimum Gasteiger partial charge on any atom is -0.544 e. The third kappa shape index (κ3) is 6.55. The molecule has 36 heavy (non-hydrogen) atoms. The van der Waals surface area contributed by atoms with E-state index in [0.717, 1.165) is 28.0 Å². The van der Waals surface area contributed by atoms with Crippen LogP contribution in [-0.2, 0) is 13.2 Å². The molecule has 0 spiro atoms. The molecule has 0 saturated heterocycles. The van der Waals surface area contributed by atoms with Crippen molar-refractivity contribution in [3.05, 3.63) is 108 Å². The third-order valence-electron chi connectivity index (χ3n) is 6.63. The van der Waals surface area contributed by atoms with Crippen LogP contribution in [0.3, 0.4) is 0 Å². The van der Waals surface area contributed by atoms with Crippen molar-refractivity contribution in [1.82, 2.24) is 4.98 Å². The number of ether oxygens (including phenoxy) is 2. The summed E-state index contributed by atoms with van der Waals surface area (Å²) in [5, 5.41) is 0.142. The summed E-state index contributed by atoms with van der Waals surface area (Å²) in [5.41, 5.74) is 4.10. The van der Waals surface area contributed by atoms with E-state index in [1.807, 2.05) is 84.9 Å². The van der Waals surface area contributed by atoms with Crippen molar-refractivity contribution < 1.29 is 13.9 Å². The number of rotatable bonds is 9. The van der Waals surface area contributed by atoms with Crippen molar-refractivity contribution in [3.63, 3.8) is 0 Å². The zero-order valence-electron chi connectivity index (χ0n) is 21.8. The molecule has 1 aromatic heterocycles. The molecule has 1 heterocycles. The Morgan fingerprint density at radius 3 is 1.78 bits per heavy atom. The van der Waals surface area contributed by atoms with Gasteiger partial charge in [0, 0.05) is 11.6 Å². The quantitative estimate of drug-likeness (QED) is 0.218. The highest BCUT2D eigenvalue weighted by Gasteiger charge is 2.38. The van der Waals surface area contributed by atoms with Crippen molar-refractivity contribution in [3.8, 4) is 28.6 Å². The maximum Gasteiger partial charge on any atom is 0.250 e. The Labute approximate surface area is 216 Å². The maximum atomic E-state index is 6.46. The van der Waals surface area contributed by atoms with E-state index in [-0.39, 0.29) is 5.04 Å². The van der Waals surface area contributed by atoms with Crippen LogP contribution >= 0.6 is 0 Å². The number of benzene rings is 3. The Bertz CT molecular complexity index is 1250. The molecule has 0 N–H and O–H groups in total. The fraction of sp³-hybridized carbons (Fsp3) is 0.258. The monoisotopic (exact) mass is 497 g/mol. The van der Waals surface area contributed by atoms with Crippen molar-refractivity contribution in [1.29, 1.82) is 0 Å². The maximum absolute atomic E-state index is 6.46. The summed E-state index contributed by atoms with van der Waals surface area (Å²) in [6, 6.07) is 32.3. The summed E-state index contributed by atoms with van der Waals surface area (Å²) in [6.45, 7) is 12.1. The van der Waals surface area contributed by atoms with E-state index >= 15 is 0 Å². The number of aromatic nitrogens is 1. The molecule has 5 heteroatoms. The van der Waals surface area contributed by atoms with Crippen LogP contribution in [0, 0.1) is 0 Å². The molecule has 0 bridgehead atoms. The van der Waals surface area contributed by atoms with Gasteiger partial charge in [0.2, 0.25) is 20.1 Å². The molecule has 4 nitrogen and oxygen atoms in total. The number of hydrogen-bond donors (Lipinski definition) is 0. The first kappa shape index (κ1) is 25.5. The van der Waals surface area contributed by atoms with E-state index in [4.69, 9.17) is 18.9 Å². The van der Waals surface area contributed by atoms with Gasteiger partial charge in [-0.25, -0.2) is 0 Å². The van der Waals surface area contributed by atoms with Gasteiger partial charge in [0.25, 0.3) is 0 Å². The number of nitrogens with zero attached hydrogens (tertiary/aromatic N) is 1. The third-order valence-corrected chi connectivity index (χ3v) is 11.0. The lowest BCUT2D eigenvalue weighted by molar-refractivity contribution is 0.268. The molecule has 3 aromatic carbocycles. The Balaban J connectivity index is 1.57. The molecule has 4 rings (SSSR count). The van der Waals surface area contributed by atoms with Gasteiger partial charge < -0.3 is 13.9 Å². The van der Waals surface area contributed by atoms with E-state index < -0.39 is 8.32 Å². The van der Waals surface area contributed by atoms with Crippen LogP contribution < -0.4 is 13.9 Å². The number of pyridine rings is 1. The highest BCUT2D eigenvalue weighted by atomic mass is 28.4. The van der Waals surface area contributed by atoms with Gasteiger partial charge in [0.15, 0.2) is 0 Å². The highest BCUT2D eigenvalue weighted by Crippen LogP contribution is 2.38. The van der Waals surface area contributed by atoms with Gasteiger partial charge in [-0.3, -0.25) is 0 Å². The van der Waals surface area contributed by atoms with Gasteiger partial charge in [0.1, 0.15) is 19.0 Å². The molecule has 0 amide bonds. The van der Waals surface area contributed by atoms with Crippen LogP contribution in [0.5, 0.6) is 17.5 Å². The van der Waals surface area contributed by atoms with Crippen LogP contribution in [0.1, 0.15) is 31.9 Å².